The highest BCUT2D eigenvalue weighted by molar-refractivity contribution is 14.0. The van der Waals surface area contributed by atoms with Crippen molar-refractivity contribution < 1.29 is 4.79 Å². The summed E-state index contributed by atoms with van der Waals surface area (Å²) in [5.41, 5.74) is 0. The smallest absolute Gasteiger partial charge is 0.222 e. The third-order valence-corrected chi connectivity index (χ3v) is 5.66. The number of likely N-dealkylation sites (tertiary alicyclic amines) is 1. The van der Waals surface area contributed by atoms with Crippen LogP contribution in [-0.2, 0) is 11.2 Å². The van der Waals surface area contributed by atoms with Crippen molar-refractivity contribution in [2.24, 2.45) is 10.9 Å². The molecule has 0 spiro atoms. The number of amides is 1. The summed E-state index contributed by atoms with van der Waals surface area (Å²) in [5.74, 6) is 1.72. The summed E-state index contributed by atoms with van der Waals surface area (Å²) in [4.78, 5) is 19.7. The van der Waals surface area contributed by atoms with E-state index in [1.807, 2.05) is 11.3 Å². The van der Waals surface area contributed by atoms with Crippen LogP contribution in [0.25, 0.3) is 0 Å². The first kappa shape index (κ1) is 23.2. The van der Waals surface area contributed by atoms with Crippen LogP contribution in [0.4, 0.5) is 0 Å². The van der Waals surface area contributed by atoms with Crippen molar-refractivity contribution in [3.63, 3.8) is 0 Å². The summed E-state index contributed by atoms with van der Waals surface area (Å²) in [6.45, 7) is 7.08. The topological polar surface area (TPSA) is 56.7 Å². The van der Waals surface area contributed by atoms with Gasteiger partial charge < -0.3 is 15.5 Å². The van der Waals surface area contributed by atoms with E-state index in [0.717, 1.165) is 57.7 Å². The molecule has 0 aromatic carbocycles. The SMILES string of the molecule is CCC(CCNC(=NC)NCC(C)Cc1cccs1)N1CCCC1=O.I. The van der Waals surface area contributed by atoms with Gasteiger partial charge in [0.15, 0.2) is 5.96 Å². The average molecular weight is 492 g/mol. The minimum atomic E-state index is 0. The van der Waals surface area contributed by atoms with Crippen LogP contribution in [0.2, 0.25) is 0 Å². The number of aliphatic imine (C=N–C) groups is 1. The summed E-state index contributed by atoms with van der Waals surface area (Å²) >= 11 is 1.82. The molecule has 1 amide bonds. The first-order chi connectivity index (χ1) is 12.1. The van der Waals surface area contributed by atoms with Crippen LogP contribution in [0.5, 0.6) is 0 Å². The van der Waals surface area contributed by atoms with Crippen LogP contribution in [0, 0.1) is 5.92 Å². The molecule has 7 heteroatoms. The largest absolute Gasteiger partial charge is 0.356 e. The summed E-state index contributed by atoms with van der Waals surface area (Å²) in [5, 5.41) is 8.94. The second kappa shape index (κ2) is 12.5. The van der Waals surface area contributed by atoms with Gasteiger partial charge in [-0.1, -0.05) is 19.9 Å². The third-order valence-electron chi connectivity index (χ3n) is 4.76. The highest BCUT2D eigenvalue weighted by atomic mass is 127. The molecular weight excluding hydrogens is 459 g/mol. The van der Waals surface area contributed by atoms with Gasteiger partial charge in [0.25, 0.3) is 0 Å². The zero-order chi connectivity index (χ0) is 18.1. The van der Waals surface area contributed by atoms with Gasteiger partial charge in [-0.05, 0) is 43.0 Å². The highest BCUT2D eigenvalue weighted by Gasteiger charge is 2.26. The zero-order valence-electron chi connectivity index (χ0n) is 16.2. The van der Waals surface area contributed by atoms with Crippen LogP contribution in [-0.4, -0.2) is 49.5 Å². The van der Waals surface area contributed by atoms with Crippen LogP contribution in [0.15, 0.2) is 22.5 Å². The number of halogens is 1. The monoisotopic (exact) mass is 492 g/mol. The van der Waals surface area contributed by atoms with Gasteiger partial charge in [0.2, 0.25) is 5.91 Å². The van der Waals surface area contributed by atoms with Crippen molar-refractivity contribution in [3.05, 3.63) is 22.4 Å². The molecule has 2 atom stereocenters. The van der Waals surface area contributed by atoms with Gasteiger partial charge >= 0.3 is 0 Å². The zero-order valence-corrected chi connectivity index (χ0v) is 19.3. The number of guanidine groups is 1. The first-order valence-electron chi connectivity index (χ1n) is 9.40. The van der Waals surface area contributed by atoms with Crippen molar-refractivity contribution in [3.8, 4) is 0 Å². The number of hydrogen-bond donors (Lipinski definition) is 2. The summed E-state index contributed by atoms with van der Waals surface area (Å²) in [6.07, 6.45) is 4.80. The van der Waals surface area contributed by atoms with Crippen LogP contribution in [0.3, 0.4) is 0 Å². The molecule has 0 radical (unpaired) electrons. The van der Waals surface area contributed by atoms with E-state index in [9.17, 15) is 4.79 Å². The van der Waals surface area contributed by atoms with Gasteiger partial charge in [-0.2, -0.15) is 0 Å². The van der Waals surface area contributed by atoms with Gasteiger partial charge in [-0.25, -0.2) is 0 Å². The molecule has 1 aliphatic heterocycles. The van der Waals surface area contributed by atoms with Gasteiger partial charge in [-0.15, -0.1) is 35.3 Å². The van der Waals surface area contributed by atoms with E-state index in [4.69, 9.17) is 0 Å². The molecule has 2 heterocycles. The van der Waals surface area contributed by atoms with Crippen LogP contribution >= 0.6 is 35.3 Å². The lowest BCUT2D eigenvalue weighted by molar-refractivity contribution is -0.129. The van der Waals surface area contributed by atoms with E-state index in [0.29, 0.717) is 17.9 Å². The second-order valence-electron chi connectivity index (χ2n) is 6.81. The Hall–Kier alpha value is -0.830. The maximum absolute atomic E-state index is 11.9. The molecule has 26 heavy (non-hydrogen) atoms. The lowest BCUT2D eigenvalue weighted by atomic mass is 10.1. The molecule has 2 unspecified atom stereocenters. The van der Waals surface area contributed by atoms with Crippen molar-refractivity contribution in [2.75, 3.05) is 26.7 Å². The Morgan fingerprint density at radius 1 is 1.42 bits per heavy atom. The van der Waals surface area contributed by atoms with Crippen LogP contribution < -0.4 is 10.6 Å². The molecular formula is C19H33IN4OS. The van der Waals surface area contributed by atoms with Gasteiger partial charge in [0.05, 0.1) is 0 Å². The van der Waals surface area contributed by atoms with E-state index in [-0.39, 0.29) is 24.0 Å². The predicted molar refractivity (Wildman–Crippen MR) is 122 cm³/mol. The van der Waals surface area contributed by atoms with E-state index in [1.54, 1.807) is 7.05 Å². The molecule has 1 aliphatic rings. The number of carbonyl (C=O) groups excluding carboxylic acids is 1. The number of rotatable bonds is 9. The number of nitrogens with zero attached hydrogens (tertiary/aromatic N) is 2. The molecule has 1 aromatic rings. The number of thiophene rings is 1. The quantitative estimate of drug-likeness (QED) is 0.315. The molecule has 0 bridgehead atoms. The lowest BCUT2D eigenvalue weighted by Crippen LogP contribution is -2.43. The maximum atomic E-state index is 11.9. The Kier molecular flexibility index (Phi) is 11.2. The molecule has 0 aliphatic carbocycles. The fraction of sp³-hybridized carbons (Fsp3) is 0.684. The third kappa shape index (κ3) is 7.42. The Morgan fingerprint density at radius 2 is 2.23 bits per heavy atom. The van der Waals surface area contributed by atoms with Crippen LogP contribution in [0.1, 0.15) is 44.4 Å². The van der Waals surface area contributed by atoms with Crippen molar-refractivity contribution in [2.45, 2.75) is 52.0 Å². The summed E-state index contributed by atoms with van der Waals surface area (Å²) in [6, 6.07) is 4.65. The number of carbonyl (C=O) groups is 1. The normalized spacial score (nSPS) is 17.0. The average Bonchev–Trinajstić information content (AvgIpc) is 3.26. The standard InChI is InChI=1S/C19H32N4OS.HI/c1-4-16(23-11-5-8-18(23)24)9-10-21-19(20-3)22-14-15(2)13-17-7-6-12-25-17;/h6-7,12,15-16H,4-5,8-11,13-14H2,1-3H3,(H2,20,21,22);1H. The molecule has 5 nitrogen and oxygen atoms in total. The molecule has 148 valence electrons. The molecule has 1 fully saturated rings. The van der Waals surface area contributed by atoms with E-state index in [1.165, 1.54) is 4.88 Å². The van der Waals surface area contributed by atoms with E-state index in [2.05, 4.69) is 51.9 Å². The summed E-state index contributed by atoms with van der Waals surface area (Å²) in [7, 11) is 1.81. The Labute approximate surface area is 179 Å². The minimum Gasteiger partial charge on any atom is -0.356 e. The predicted octanol–water partition coefficient (Wildman–Crippen LogP) is 3.50. The maximum Gasteiger partial charge on any atom is 0.222 e. The van der Waals surface area contributed by atoms with E-state index >= 15 is 0 Å². The number of nitrogens with one attached hydrogen (secondary N) is 2. The Bertz CT molecular complexity index is 550. The van der Waals surface area contributed by atoms with Gasteiger partial charge in [-0.3, -0.25) is 9.79 Å². The van der Waals surface area contributed by atoms with Crippen molar-refractivity contribution >= 4 is 47.2 Å². The minimum absolute atomic E-state index is 0. The summed E-state index contributed by atoms with van der Waals surface area (Å²) < 4.78 is 0. The fourth-order valence-corrected chi connectivity index (χ4v) is 4.20. The molecule has 2 N–H and O–H groups in total. The second-order valence-corrected chi connectivity index (χ2v) is 7.84. The highest BCUT2D eigenvalue weighted by Crippen LogP contribution is 2.17. The van der Waals surface area contributed by atoms with E-state index < -0.39 is 0 Å². The fourth-order valence-electron chi connectivity index (χ4n) is 3.33. The molecule has 1 saturated heterocycles. The first-order valence-corrected chi connectivity index (χ1v) is 10.3. The molecule has 2 rings (SSSR count). The Morgan fingerprint density at radius 3 is 2.81 bits per heavy atom. The molecule has 1 aromatic heterocycles. The van der Waals surface area contributed by atoms with Gasteiger partial charge in [0.1, 0.15) is 0 Å². The van der Waals surface area contributed by atoms with Crippen molar-refractivity contribution in [1.29, 1.82) is 0 Å². The Balaban J connectivity index is 0.00000338. The number of hydrogen-bond acceptors (Lipinski definition) is 3. The lowest BCUT2D eigenvalue weighted by Gasteiger charge is -2.27. The van der Waals surface area contributed by atoms with Gasteiger partial charge in [0, 0.05) is 44.0 Å². The van der Waals surface area contributed by atoms with Crippen molar-refractivity contribution in [1.82, 2.24) is 15.5 Å². The molecule has 0 saturated carbocycles.